The monoisotopic (exact) mass is 313 g/mol. The molecule has 1 aliphatic rings. The van der Waals surface area contributed by atoms with Crippen molar-refractivity contribution in [1.82, 2.24) is 15.6 Å². The van der Waals surface area contributed by atoms with E-state index < -0.39 is 0 Å². The lowest BCUT2D eigenvalue weighted by atomic mass is 9.79. The molecule has 3 N–H and O–H groups in total. The van der Waals surface area contributed by atoms with E-state index in [9.17, 15) is 4.79 Å². The molecule has 1 aromatic carbocycles. The third kappa shape index (κ3) is 3.82. The van der Waals surface area contributed by atoms with Crippen molar-refractivity contribution in [2.75, 3.05) is 0 Å². The summed E-state index contributed by atoms with van der Waals surface area (Å²) in [6, 6.07) is 10.3. The Bertz CT molecular complexity index is 745. The quantitative estimate of drug-likeness (QED) is 0.816. The van der Waals surface area contributed by atoms with Gasteiger partial charge < -0.3 is 15.6 Å². The van der Waals surface area contributed by atoms with Crippen LogP contribution in [0, 0.1) is 0 Å². The number of H-pyrrole nitrogens is 1. The molecule has 0 saturated carbocycles. The van der Waals surface area contributed by atoms with Crippen LogP contribution in [0.1, 0.15) is 46.1 Å². The van der Waals surface area contributed by atoms with Crippen LogP contribution in [0.5, 0.6) is 0 Å². The molecule has 0 radical (unpaired) electrons. The summed E-state index contributed by atoms with van der Waals surface area (Å²) in [5.74, 6) is 0. The number of fused-ring (bicyclic) bond motifs is 1. The fourth-order valence-corrected chi connectivity index (χ4v) is 4.04. The van der Waals surface area contributed by atoms with E-state index in [1.807, 2.05) is 30.3 Å². The number of nitrogens with one attached hydrogen (secondary N) is 3. The van der Waals surface area contributed by atoms with Gasteiger partial charge in [0.25, 0.3) is 5.56 Å². The van der Waals surface area contributed by atoms with E-state index in [-0.39, 0.29) is 16.6 Å². The molecule has 3 rings (SSSR count). The van der Waals surface area contributed by atoms with E-state index in [1.54, 1.807) is 0 Å². The summed E-state index contributed by atoms with van der Waals surface area (Å²) in [5.41, 5.74) is 1.91. The maximum Gasteiger partial charge on any atom is 0.252 e. The molecule has 2 heterocycles. The largest absolute Gasteiger partial charge is 0.322 e. The maximum absolute atomic E-state index is 12.3. The highest BCUT2D eigenvalue weighted by molar-refractivity contribution is 5.78. The van der Waals surface area contributed by atoms with Gasteiger partial charge >= 0.3 is 0 Å². The van der Waals surface area contributed by atoms with Crippen LogP contribution >= 0.6 is 0 Å². The highest BCUT2D eigenvalue weighted by Gasteiger charge is 2.37. The van der Waals surface area contributed by atoms with Crippen LogP contribution in [-0.4, -0.2) is 22.1 Å². The zero-order valence-corrected chi connectivity index (χ0v) is 14.5. The van der Waals surface area contributed by atoms with Crippen LogP contribution in [0.3, 0.4) is 0 Å². The zero-order chi connectivity index (χ0) is 16.7. The summed E-state index contributed by atoms with van der Waals surface area (Å²) in [5, 5.41) is 8.36. The number of hydrogen-bond donors (Lipinski definition) is 3. The fourth-order valence-electron chi connectivity index (χ4n) is 4.04. The average Bonchev–Trinajstić information content (AvgIpc) is 2.41. The van der Waals surface area contributed by atoms with E-state index in [2.05, 4.69) is 43.3 Å². The zero-order valence-electron chi connectivity index (χ0n) is 14.5. The summed E-state index contributed by atoms with van der Waals surface area (Å²) in [6.07, 6.45) is 2.11. The fraction of sp³-hybridized carbons (Fsp3) is 0.526. The van der Waals surface area contributed by atoms with Gasteiger partial charge in [0.2, 0.25) is 0 Å². The number of aromatic amines is 1. The van der Waals surface area contributed by atoms with Gasteiger partial charge in [-0.2, -0.15) is 0 Å². The Morgan fingerprint density at radius 1 is 1.13 bits per heavy atom. The van der Waals surface area contributed by atoms with Gasteiger partial charge in [0.1, 0.15) is 0 Å². The molecule has 1 aliphatic heterocycles. The summed E-state index contributed by atoms with van der Waals surface area (Å²) in [7, 11) is 0. The van der Waals surface area contributed by atoms with E-state index in [0.717, 1.165) is 29.3 Å². The molecule has 0 unspecified atom stereocenters. The number of benzene rings is 1. The Kier molecular flexibility index (Phi) is 4.07. The van der Waals surface area contributed by atoms with Crippen LogP contribution in [0.25, 0.3) is 10.9 Å². The summed E-state index contributed by atoms with van der Waals surface area (Å²) < 4.78 is 0. The van der Waals surface area contributed by atoms with E-state index in [4.69, 9.17) is 0 Å². The Hall–Kier alpha value is -1.65. The predicted octanol–water partition coefficient (Wildman–Crippen LogP) is 2.93. The Morgan fingerprint density at radius 3 is 2.48 bits per heavy atom. The van der Waals surface area contributed by atoms with E-state index in [1.165, 1.54) is 0 Å². The van der Waals surface area contributed by atoms with Crippen molar-refractivity contribution in [2.24, 2.45) is 0 Å². The van der Waals surface area contributed by atoms with Crippen LogP contribution in [0.2, 0.25) is 0 Å². The normalized spacial score (nSPS) is 20.7. The standard InChI is InChI=1S/C19H27N3O/c1-18(2)10-15(11-19(3,4)22-18)20-12-14-9-13-7-5-6-8-16(13)21-17(14)23/h5-9,15,20,22H,10-12H2,1-4H3,(H,21,23). The molecule has 1 fully saturated rings. The molecular weight excluding hydrogens is 286 g/mol. The van der Waals surface area contributed by atoms with Gasteiger partial charge in [0.15, 0.2) is 0 Å². The third-order valence-electron chi connectivity index (χ3n) is 4.60. The van der Waals surface area contributed by atoms with Gasteiger partial charge in [-0.15, -0.1) is 0 Å². The van der Waals surface area contributed by atoms with Gasteiger partial charge in [-0.25, -0.2) is 0 Å². The minimum Gasteiger partial charge on any atom is -0.322 e. The topological polar surface area (TPSA) is 56.9 Å². The van der Waals surface area contributed by atoms with Gasteiger partial charge in [0.05, 0.1) is 0 Å². The van der Waals surface area contributed by atoms with Crippen LogP contribution in [-0.2, 0) is 6.54 Å². The highest BCUT2D eigenvalue weighted by atomic mass is 16.1. The van der Waals surface area contributed by atoms with Crippen LogP contribution in [0.4, 0.5) is 0 Å². The minimum atomic E-state index is 0.00338. The van der Waals surface area contributed by atoms with Crippen molar-refractivity contribution >= 4 is 10.9 Å². The van der Waals surface area contributed by atoms with Crippen LogP contribution in [0.15, 0.2) is 35.1 Å². The first-order valence-corrected chi connectivity index (χ1v) is 8.38. The second-order valence-corrected chi connectivity index (χ2v) is 8.09. The summed E-state index contributed by atoms with van der Waals surface area (Å²) in [6.45, 7) is 9.57. The molecule has 23 heavy (non-hydrogen) atoms. The lowest BCUT2D eigenvalue weighted by Crippen LogP contribution is -2.61. The lowest BCUT2D eigenvalue weighted by molar-refractivity contribution is 0.145. The molecule has 0 atom stereocenters. The van der Waals surface area contributed by atoms with Crippen molar-refractivity contribution < 1.29 is 0 Å². The minimum absolute atomic E-state index is 0.00338. The molecule has 0 bridgehead atoms. The molecular formula is C19H27N3O. The number of piperidine rings is 1. The Labute approximate surface area is 137 Å². The van der Waals surface area contributed by atoms with Crippen molar-refractivity contribution in [1.29, 1.82) is 0 Å². The van der Waals surface area contributed by atoms with Crippen LogP contribution < -0.4 is 16.2 Å². The Morgan fingerprint density at radius 2 is 1.78 bits per heavy atom. The second kappa shape index (κ2) is 5.77. The SMILES string of the molecule is CC1(C)CC(NCc2cc3ccccc3[nH]c2=O)CC(C)(C)N1. The van der Waals surface area contributed by atoms with Crippen molar-refractivity contribution in [2.45, 2.75) is 64.2 Å². The second-order valence-electron chi connectivity index (χ2n) is 8.09. The first-order valence-electron chi connectivity index (χ1n) is 8.38. The van der Waals surface area contributed by atoms with Gasteiger partial charge in [-0.1, -0.05) is 18.2 Å². The van der Waals surface area contributed by atoms with E-state index in [0.29, 0.717) is 12.6 Å². The molecule has 4 heteroatoms. The van der Waals surface area contributed by atoms with Gasteiger partial charge in [0, 0.05) is 34.7 Å². The van der Waals surface area contributed by atoms with E-state index >= 15 is 0 Å². The smallest absolute Gasteiger partial charge is 0.252 e. The summed E-state index contributed by atoms with van der Waals surface area (Å²) >= 11 is 0. The molecule has 2 aromatic rings. The number of aromatic nitrogens is 1. The molecule has 124 valence electrons. The number of hydrogen-bond acceptors (Lipinski definition) is 3. The third-order valence-corrected chi connectivity index (χ3v) is 4.60. The Balaban J connectivity index is 1.75. The van der Waals surface area contributed by atoms with Crippen molar-refractivity contribution in [3.05, 3.63) is 46.2 Å². The van der Waals surface area contributed by atoms with Gasteiger partial charge in [-0.3, -0.25) is 4.79 Å². The number of rotatable bonds is 3. The average molecular weight is 313 g/mol. The van der Waals surface area contributed by atoms with Gasteiger partial charge in [-0.05, 0) is 58.1 Å². The summed E-state index contributed by atoms with van der Waals surface area (Å²) in [4.78, 5) is 15.2. The molecule has 0 spiro atoms. The number of pyridine rings is 1. The molecule has 1 saturated heterocycles. The van der Waals surface area contributed by atoms with Crippen molar-refractivity contribution in [3.63, 3.8) is 0 Å². The maximum atomic E-state index is 12.3. The molecule has 0 amide bonds. The lowest BCUT2D eigenvalue weighted by Gasteiger charge is -2.46. The first-order chi connectivity index (χ1) is 10.7. The first kappa shape index (κ1) is 16.2. The molecule has 4 nitrogen and oxygen atoms in total. The van der Waals surface area contributed by atoms with Crippen molar-refractivity contribution in [3.8, 4) is 0 Å². The predicted molar refractivity (Wildman–Crippen MR) is 95.7 cm³/mol. The molecule has 1 aromatic heterocycles. The molecule has 0 aliphatic carbocycles. The number of para-hydroxylation sites is 1. The highest BCUT2D eigenvalue weighted by Crippen LogP contribution is 2.28.